The topological polar surface area (TPSA) is 63.7 Å². The number of rotatable bonds is 6. The lowest BCUT2D eigenvalue weighted by Gasteiger charge is -2.32. The molecule has 6 heteroatoms. The van der Waals surface area contributed by atoms with Gasteiger partial charge in [0, 0.05) is 13.1 Å². The standard InChI is InChI=1S/C18H27NO4S/c1-14(2)13-24(21,22)16-8-10-19(11-9-16)18(20)12-23-17-7-5-4-6-15(17)3/h4-7,14,16H,8-13H2,1-3H3. The van der Waals surface area contributed by atoms with Gasteiger partial charge in [-0.1, -0.05) is 32.0 Å². The minimum Gasteiger partial charge on any atom is -0.484 e. The van der Waals surface area contributed by atoms with Crippen molar-refractivity contribution in [3.05, 3.63) is 29.8 Å². The van der Waals surface area contributed by atoms with E-state index in [1.54, 1.807) is 4.90 Å². The maximum atomic E-state index is 12.3. The largest absolute Gasteiger partial charge is 0.484 e. The first-order valence-corrected chi connectivity index (χ1v) is 10.2. The Morgan fingerprint density at radius 2 is 1.88 bits per heavy atom. The van der Waals surface area contributed by atoms with Crippen molar-refractivity contribution >= 4 is 15.7 Å². The number of benzene rings is 1. The Morgan fingerprint density at radius 3 is 2.46 bits per heavy atom. The van der Waals surface area contributed by atoms with E-state index in [1.165, 1.54) is 0 Å². The van der Waals surface area contributed by atoms with Gasteiger partial charge >= 0.3 is 0 Å². The lowest BCUT2D eigenvalue weighted by molar-refractivity contribution is -0.134. The number of aryl methyl sites for hydroxylation is 1. The first-order chi connectivity index (χ1) is 11.3. The first kappa shape index (κ1) is 18.8. The summed E-state index contributed by atoms with van der Waals surface area (Å²) in [5.41, 5.74) is 0.990. The number of piperidine rings is 1. The number of sulfone groups is 1. The highest BCUT2D eigenvalue weighted by atomic mass is 32.2. The van der Waals surface area contributed by atoms with Crippen LogP contribution in [0.15, 0.2) is 24.3 Å². The zero-order valence-corrected chi connectivity index (χ0v) is 15.5. The molecule has 1 aliphatic rings. The van der Waals surface area contributed by atoms with Crippen LogP contribution in [0.4, 0.5) is 0 Å². The predicted molar refractivity (Wildman–Crippen MR) is 94.9 cm³/mol. The molecule has 0 bridgehead atoms. The lowest BCUT2D eigenvalue weighted by Crippen LogP contribution is -2.45. The Kier molecular flexibility index (Phi) is 6.27. The molecule has 0 atom stereocenters. The van der Waals surface area contributed by atoms with E-state index >= 15 is 0 Å². The van der Waals surface area contributed by atoms with Gasteiger partial charge in [0.2, 0.25) is 0 Å². The lowest BCUT2D eigenvalue weighted by atomic mass is 10.1. The third kappa shape index (κ3) is 4.97. The number of amides is 1. The van der Waals surface area contributed by atoms with E-state index in [2.05, 4.69) is 0 Å². The van der Waals surface area contributed by atoms with Crippen LogP contribution in [0.3, 0.4) is 0 Å². The van der Waals surface area contributed by atoms with Crippen LogP contribution in [0.25, 0.3) is 0 Å². The van der Waals surface area contributed by atoms with Gasteiger partial charge in [-0.25, -0.2) is 8.42 Å². The van der Waals surface area contributed by atoms with Crippen molar-refractivity contribution in [3.63, 3.8) is 0 Å². The van der Waals surface area contributed by atoms with Crippen LogP contribution in [-0.4, -0.2) is 49.9 Å². The van der Waals surface area contributed by atoms with Crippen LogP contribution >= 0.6 is 0 Å². The molecule has 5 nitrogen and oxygen atoms in total. The monoisotopic (exact) mass is 353 g/mol. The Bertz CT molecular complexity index is 661. The van der Waals surface area contributed by atoms with Crippen LogP contribution in [0.2, 0.25) is 0 Å². The zero-order valence-electron chi connectivity index (χ0n) is 14.7. The number of ether oxygens (including phenoxy) is 1. The fourth-order valence-electron chi connectivity index (χ4n) is 3.01. The maximum Gasteiger partial charge on any atom is 0.260 e. The van der Waals surface area contributed by atoms with Gasteiger partial charge in [-0.2, -0.15) is 0 Å². The average molecular weight is 353 g/mol. The molecule has 0 unspecified atom stereocenters. The van der Waals surface area contributed by atoms with Gasteiger partial charge in [-0.3, -0.25) is 4.79 Å². The number of carbonyl (C=O) groups is 1. The third-order valence-corrected chi connectivity index (χ3v) is 6.93. The van der Waals surface area contributed by atoms with E-state index < -0.39 is 9.84 Å². The molecule has 0 radical (unpaired) electrons. The van der Waals surface area contributed by atoms with Crippen LogP contribution in [0.5, 0.6) is 5.75 Å². The van der Waals surface area contributed by atoms with Crippen LogP contribution < -0.4 is 4.74 Å². The summed E-state index contributed by atoms with van der Waals surface area (Å²) in [6, 6.07) is 7.57. The Balaban J connectivity index is 1.84. The van der Waals surface area contributed by atoms with Crippen LogP contribution in [0.1, 0.15) is 32.3 Å². The van der Waals surface area contributed by atoms with Gasteiger partial charge in [0.15, 0.2) is 16.4 Å². The minimum atomic E-state index is -3.06. The van der Waals surface area contributed by atoms with Crippen molar-refractivity contribution in [1.82, 2.24) is 4.90 Å². The van der Waals surface area contributed by atoms with Gasteiger partial charge in [-0.15, -0.1) is 0 Å². The van der Waals surface area contributed by atoms with E-state index in [4.69, 9.17) is 4.74 Å². The quantitative estimate of drug-likeness (QED) is 0.788. The smallest absolute Gasteiger partial charge is 0.260 e. The SMILES string of the molecule is Cc1ccccc1OCC(=O)N1CCC(S(=O)(=O)CC(C)C)CC1. The molecule has 0 saturated carbocycles. The normalized spacial score (nSPS) is 16.4. The van der Waals surface area contributed by atoms with E-state index in [1.807, 2.05) is 45.0 Å². The van der Waals surface area contributed by atoms with Crippen molar-refractivity contribution < 1.29 is 17.9 Å². The summed E-state index contributed by atoms with van der Waals surface area (Å²) in [6.07, 6.45) is 1.04. The second kappa shape index (κ2) is 8.01. The molecule has 0 aliphatic carbocycles. The van der Waals surface area contributed by atoms with E-state index in [9.17, 15) is 13.2 Å². The number of carbonyl (C=O) groups excluding carboxylic acids is 1. The van der Waals surface area contributed by atoms with Gasteiger partial charge in [0.1, 0.15) is 5.75 Å². The summed E-state index contributed by atoms with van der Waals surface area (Å²) in [4.78, 5) is 14.0. The maximum absolute atomic E-state index is 12.3. The summed E-state index contributed by atoms with van der Waals surface area (Å²) in [6.45, 7) is 6.73. The molecule has 0 N–H and O–H groups in total. The Labute approximate surface area is 144 Å². The molecule has 1 amide bonds. The van der Waals surface area contributed by atoms with Crippen LogP contribution in [0, 0.1) is 12.8 Å². The molecule has 1 aliphatic heterocycles. The molecule has 1 heterocycles. The van der Waals surface area contributed by atoms with E-state index in [-0.39, 0.29) is 29.4 Å². The number of nitrogens with zero attached hydrogens (tertiary/aromatic N) is 1. The second-order valence-electron chi connectivity index (χ2n) is 6.86. The molecule has 1 aromatic rings. The molecule has 1 aromatic carbocycles. The highest BCUT2D eigenvalue weighted by Crippen LogP contribution is 2.21. The summed E-state index contributed by atoms with van der Waals surface area (Å²) in [5, 5.41) is -0.318. The highest BCUT2D eigenvalue weighted by molar-refractivity contribution is 7.92. The predicted octanol–water partition coefficient (Wildman–Crippen LogP) is 2.44. The molecule has 24 heavy (non-hydrogen) atoms. The third-order valence-electron chi connectivity index (χ3n) is 4.31. The van der Waals surface area contributed by atoms with Crippen molar-refractivity contribution in [2.24, 2.45) is 5.92 Å². The first-order valence-electron chi connectivity index (χ1n) is 8.47. The van der Waals surface area contributed by atoms with Gasteiger partial charge < -0.3 is 9.64 Å². The van der Waals surface area contributed by atoms with Crippen molar-refractivity contribution in [3.8, 4) is 5.75 Å². The number of likely N-dealkylation sites (tertiary alicyclic amines) is 1. The van der Waals surface area contributed by atoms with Crippen LogP contribution in [-0.2, 0) is 14.6 Å². The molecule has 1 fully saturated rings. The van der Waals surface area contributed by atoms with Gasteiger partial charge in [0.25, 0.3) is 5.91 Å². The minimum absolute atomic E-state index is 0.00569. The second-order valence-corrected chi connectivity index (χ2v) is 9.18. The van der Waals surface area contributed by atoms with E-state index in [0.29, 0.717) is 31.7 Å². The molecule has 2 rings (SSSR count). The van der Waals surface area contributed by atoms with Crippen molar-refractivity contribution in [2.75, 3.05) is 25.4 Å². The molecular formula is C18H27NO4S. The van der Waals surface area contributed by atoms with E-state index in [0.717, 1.165) is 5.56 Å². The number of hydrogen-bond donors (Lipinski definition) is 0. The zero-order chi connectivity index (χ0) is 17.7. The molecule has 134 valence electrons. The summed E-state index contributed by atoms with van der Waals surface area (Å²) < 4.78 is 30.2. The molecular weight excluding hydrogens is 326 g/mol. The fourth-order valence-corrected chi connectivity index (χ4v) is 5.14. The number of hydrogen-bond acceptors (Lipinski definition) is 4. The van der Waals surface area contributed by atoms with Crippen molar-refractivity contribution in [1.29, 1.82) is 0 Å². The van der Waals surface area contributed by atoms with Gasteiger partial charge in [0.05, 0.1) is 11.0 Å². The Hall–Kier alpha value is -1.56. The molecule has 0 aromatic heterocycles. The summed E-state index contributed by atoms with van der Waals surface area (Å²) in [7, 11) is -3.06. The number of para-hydroxylation sites is 1. The highest BCUT2D eigenvalue weighted by Gasteiger charge is 2.31. The van der Waals surface area contributed by atoms with Crippen molar-refractivity contribution in [2.45, 2.75) is 38.9 Å². The molecule has 1 saturated heterocycles. The Morgan fingerprint density at radius 1 is 1.25 bits per heavy atom. The molecule has 0 spiro atoms. The average Bonchev–Trinajstić information content (AvgIpc) is 2.53. The summed E-state index contributed by atoms with van der Waals surface area (Å²) >= 11 is 0. The van der Waals surface area contributed by atoms with Gasteiger partial charge in [-0.05, 0) is 37.3 Å². The fraction of sp³-hybridized carbons (Fsp3) is 0.611. The summed E-state index contributed by atoms with van der Waals surface area (Å²) in [5.74, 6) is 0.984.